The Morgan fingerprint density at radius 2 is 2.11 bits per heavy atom. The molecule has 0 spiro atoms. The van der Waals surface area contributed by atoms with Crippen LogP contribution in [0, 0.1) is 10.1 Å². The van der Waals surface area contributed by atoms with Gasteiger partial charge in [0.1, 0.15) is 4.21 Å². The zero-order valence-electron chi connectivity index (χ0n) is 11.2. The summed E-state index contributed by atoms with van der Waals surface area (Å²) >= 11 is 0.873. The van der Waals surface area contributed by atoms with Crippen molar-refractivity contribution in [1.29, 1.82) is 0 Å². The van der Waals surface area contributed by atoms with Crippen LogP contribution in [0.1, 0.15) is 20.8 Å². The Morgan fingerprint density at radius 1 is 1.53 bits per heavy atom. The van der Waals surface area contributed by atoms with E-state index in [0.29, 0.717) is 6.54 Å². The van der Waals surface area contributed by atoms with E-state index in [2.05, 4.69) is 5.32 Å². The van der Waals surface area contributed by atoms with Crippen molar-refractivity contribution in [3.05, 3.63) is 16.2 Å². The molecular weight excluding hydrogens is 290 g/mol. The molecule has 1 aromatic rings. The van der Waals surface area contributed by atoms with Gasteiger partial charge >= 0.3 is 5.69 Å². The fourth-order valence-corrected chi connectivity index (χ4v) is 4.79. The highest BCUT2D eigenvalue weighted by Crippen LogP contribution is 2.38. The van der Waals surface area contributed by atoms with Crippen molar-refractivity contribution in [3.8, 4) is 0 Å². The van der Waals surface area contributed by atoms with Gasteiger partial charge < -0.3 is 5.32 Å². The quantitative estimate of drug-likeness (QED) is 0.642. The molecule has 9 heteroatoms. The summed E-state index contributed by atoms with van der Waals surface area (Å²) in [5, 5.41) is 13.7. The number of hydrogen-bond donors (Lipinski definition) is 1. The van der Waals surface area contributed by atoms with E-state index >= 15 is 0 Å². The van der Waals surface area contributed by atoms with Crippen LogP contribution in [-0.4, -0.2) is 37.3 Å². The number of sulfonamides is 1. The van der Waals surface area contributed by atoms with Crippen molar-refractivity contribution in [2.75, 3.05) is 18.9 Å². The van der Waals surface area contributed by atoms with Gasteiger partial charge in [-0.15, -0.1) is 0 Å². The summed E-state index contributed by atoms with van der Waals surface area (Å²) in [6, 6.07) is 0.908. The maximum absolute atomic E-state index is 12.4. The van der Waals surface area contributed by atoms with E-state index in [1.807, 2.05) is 0 Å². The van der Waals surface area contributed by atoms with Crippen molar-refractivity contribution < 1.29 is 13.3 Å². The van der Waals surface area contributed by atoms with Crippen LogP contribution in [0.15, 0.2) is 10.3 Å². The molecule has 0 saturated carbocycles. The van der Waals surface area contributed by atoms with Crippen LogP contribution in [0.25, 0.3) is 0 Å². The van der Waals surface area contributed by atoms with E-state index < -0.39 is 14.9 Å². The van der Waals surface area contributed by atoms with Gasteiger partial charge in [0.05, 0.1) is 4.92 Å². The molecule has 1 aromatic heterocycles. The monoisotopic (exact) mass is 307 g/mol. The summed E-state index contributed by atoms with van der Waals surface area (Å²) in [7, 11) is -2.17. The first-order chi connectivity index (χ1) is 8.75. The number of anilines is 1. The van der Waals surface area contributed by atoms with Gasteiger partial charge in [-0.05, 0) is 13.8 Å². The number of nitrogens with zero attached hydrogens (tertiary/aromatic N) is 2. The predicted molar refractivity (Wildman–Crippen MR) is 75.2 cm³/mol. The Morgan fingerprint density at radius 3 is 2.42 bits per heavy atom. The largest absolute Gasteiger partial charge is 0.374 e. The standard InChI is InChI=1S/C10H17N3O4S2/c1-5-12(7(2)3)19(16,17)9-6-8(13(14)15)10(11-4)18-9/h6-7,11H,5H2,1-4H3. The molecule has 0 aliphatic heterocycles. The number of nitro groups is 1. The van der Waals surface area contributed by atoms with Crippen LogP contribution in [0.4, 0.5) is 10.7 Å². The Bertz CT molecular complexity index is 565. The molecule has 108 valence electrons. The van der Waals surface area contributed by atoms with Gasteiger partial charge in [0.2, 0.25) is 0 Å². The summed E-state index contributed by atoms with van der Waals surface area (Å²) in [5.41, 5.74) is -0.217. The van der Waals surface area contributed by atoms with Crippen LogP contribution < -0.4 is 5.32 Å². The zero-order chi connectivity index (χ0) is 14.8. The molecule has 0 atom stereocenters. The third-order valence-electron chi connectivity index (χ3n) is 2.56. The summed E-state index contributed by atoms with van der Waals surface area (Å²) < 4.78 is 26.1. The molecular formula is C10H17N3O4S2. The number of nitrogens with one attached hydrogen (secondary N) is 1. The lowest BCUT2D eigenvalue weighted by molar-refractivity contribution is -0.383. The lowest BCUT2D eigenvalue weighted by Gasteiger charge is -2.23. The van der Waals surface area contributed by atoms with Crippen LogP contribution in [0.5, 0.6) is 0 Å². The van der Waals surface area contributed by atoms with Gasteiger partial charge in [0.25, 0.3) is 10.0 Å². The molecule has 7 nitrogen and oxygen atoms in total. The Labute approximate surface area is 116 Å². The molecule has 0 unspecified atom stereocenters. The maximum Gasteiger partial charge on any atom is 0.304 e. The summed E-state index contributed by atoms with van der Waals surface area (Å²) in [6.45, 7) is 5.59. The lowest BCUT2D eigenvalue weighted by Crippen LogP contribution is -2.36. The molecule has 0 fully saturated rings. The van der Waals surface area contributed by atoms with E-state index in [1.54, 1.807) is 20.8 Å². The van der Waals surface area contributed by atoms with Gasteiger partial charge in [0.15, 0.2) is 5.00 Å². The van der Waals surface area contributed by atoms with E-state index in [0.717, 1.165) is 17.4 Å². The first kappa shape index (κ1) is 15.9. The lowest BCUT2D eigenvalue weighted by atomic mass is 10.4. The molecule has 0 saturated heterocycles. The second-order valence-electron chi connectivity index (χ2n) is 4.09. The van der Waals surface area contributed by atoms with Crippen LogP contribution in [0.2, 0.25) is 0 Å². The molecule has 0 aliphatic rings. The Balaban J connectivity index is 3.33. The SMILES string of the molecule is CCN(C(C)C)S(=O)(=O)c1cc([N+](=O)[O-])c(NC)s1. The van der Waals surface area contributed by atoms with Gasteiger partial charge in [-0.3, -0.25) is 10.1 Å². The fourth-order valence-electron chi connectivity index (χ4n) is 1.73. The molecule has 0 amide bonds. The van der Waals surface area contributed by atoms with E-state index in [1.165, 1.54) is 11.4 Å². The summed E-state index contributed by atoms with van der Waals surface area (Å²) in [4.78, 5) is 10.3. The Kier molecular flexibility index (Phi) is 4.88. The van der Waals surface area contributed by atoms with Gasteiger partial charge in [-0.1, -0.05) is 18.3 Å². The van der Waals surface area contributed by atoms with Gasteiger partial charge in [0, 0.05) is 25.7 Å². The molecule has 19 heavy (non-hydrogen) atoms. The average Bonchev–Trinajstić information content (AvgIpc) is 2.73. The minimum absolute atomic E-state index is 0.0147. The number of thiophene rings is 1. The van der Waals surface area contributed by atoms with Crippen molar-refractivity contribution in [1.82, 2.24) is 4.31 Å². The highest BCUT2D eigenvalue weighted by atomic mass is 32.2. The summed E-state index contributed by atoms with van der Waals surface area (Å²) in [5.74, 6) is 0. The fraction of sp³-hybridized carbons (Fsp3) is 0.600. The summed E-state index contributed by atoms with van der Waals surface area (Å²) in [6.07, 6.45) is 0. The van der Waals surface area contributed by atoms with E-state index in [9.17, 15) is 18.5 Å². The first-order valence-corrected chi connectivity index (χ1v) is 7.99. The van der Waals surface area contributed by atoms with E-state index in [4.69, 9.17) is 0 Å². The van der Waals surface area contributed by atoms with Crippen LogP contribution >= 0.6 is 11.3 Å². The van der Waals surface area contributed by atoms with Crippen molar-refractivity contribution in [2.45, 2.75) is 31.0 Å². The third kappa shape index (κ3) is 3.04. The molecule has 0 aliphatic carbocycles. The van der Waals surface area contributed by atoms with Crippen LogP contribution in [0.3, 0.4) is 0 Å². The highest BCUT2D eigenvalue weighted by Gasteiger charge is 2.31. The number of rotatable bonds is 6. The van der Waals surface area contributed by atoms with Gasteiger partial charge in [-0.25, -0.2) is 8.42 Å². The predicted octanol–water partition coefficient (Wildman–Crippen LogP) is 2.12. The second kappa shape index (κ2) is 5.85. The minimum Gasteiger partial charge on any atom is -0.374 e. The van der Waals surface area contributed by atoms with Gasteiger partial charge in [-0.2, -0.15) is 4.31 Å². The molecule has 0 aromatic carbocycles. The van der Waals surface area contributed by atoms with Crippen molar-refractivity contribution >= 4 is 32.0 Å². The Hall–Kier alpha value is -1.19. The normalized spacial score (nSPS) is 12.1. The molecule has 0 radical (unpaired) electrons. The zero-order valence-corrected chi connectivity index (χ0v) is 12.8. The molecule has 1 heterocycles. The highest BCUT2D eigenvalue weighted by molar-refractivity contribution is 7.91. The van der Waals surface area contributed by atoms with E-state index in [-0.39, 0.29) is 20.9 Å². The smallest absolute Gasteiger partial charge is 0.304 e. The first-order valence-electron chi connectivity index (χ1n) is 5.73. The molecule has 0 bridgehead atoms. The maximum atomic E-state index is 12.4. The third-order valence-corrected chi connectivity index (χ3v) is 6.31. The topological polar surface area (TPSA) is 92.5 Å². The van der Waals surface area contributed by atoms with Crippen molar-refractivity contribution in [2.24, 2.45) is 0 Å². The molecule has 1 N–H and O–H groups in total. The minimum atomic E-state index is -3.69. The van der Waals surface area contributed by atoms with Crippen molar-refractivity contribution in [3.63, 3.8) is 0 Å². The average molecular weight is 307 g/mol. The second-order valence-corrected chi connectivity index (χ2v) is 7.26. The molecule has 1 rings (SSSR count). The van der Waals surface area contributed by atoms with Crippen LogP contribution in [-0.2, 0) is 10.0 Å². The number of hydrogen-bond acceptors (Lipinski definition) is 6.